The Labute approximate surface area is 65.2 Å². The minimum atomic E-state index is -0.795. The van der Waals surface area contributed by atoms with Crippen molar-refractivity contribution in [3.63, 3.8) is 0 Å². The van der Waals surface area contributed by atoms with E-state index in [0.29, 0.717) is 20.1 Å². The van der Waals surface area contributed by atoms with Crippen molar-refractivity contribution in [1.29, 1.82) is 0 Å². The van der Waals surface area contributed by atoms with Gasteiger partial charge in [0.05, 0.1) is 0 Å². The first kappa shape index (κ1) is 7.58. The molecule has 0 saturated carbocycles. The Hall–Kier alpha value is -0.531. The normalized spacial score (nSPS) is 9.80. The number of carbonyl (C=O) groups is 1. The topological polar surface area (TPSA) is 37.3 Å². The third-order valence-electron chi connectivity index (χ3n) is 1.27. The minimum absolute atomic E-state index is 0.299. The zero-order valence-electron chi connectivity index (χ0n) is 5.84. The number of aromatic carboxylic acids is 1. The van der Waals surface area contributed by atoms with Crippen LogP contribution in [-0.4, -0.2) is 25.6 Å². The Morgan fingerprint density at radius 2 is 2.20 bits per heavy atom. The first-order chi connectivity index (χ1) is 4.61. The summed E-state index contributed by atoms with van der Waals surface area (Å²) < 4.78 is 2.22. The van der Waals surface area contributed by atoms with Gasteiger partial charge >= 0.3 is 64.7 Å². The van der Waals surface area contributed by atoms with Crippen molar-refractivity contribution in [2.75, 3.05) is 0 Å². The molecule has 0 spiro atoms. The first-order valence-electron chi connectivity index (χ1n) is 2.91. The van der Waals surface area contributed by atoms with E-state index >= 15 is 0 Å². The van der Waals surface area contributed by atoms with Crippen molar-refractivity contribution < 1.29 is 9.90 Å². The second-order valence-electron chi connectivity index (χ2n) is 2.13. The van der Waals surface area contributed by atoms with E-state index in [1.54, 1.807) is 6.07 Å². The SMILES string of the molecule is Cc1cc(C(=O)O)c(C)[se]1. The molecular weight excluding hydrogens is 195 g/mol. The second-order valence-corrected chi connectivity index (χ2v) is 5.20. The zero-order chi connectivity index (χ0) is 7.72. The van der Waals surface area contributed by atoms with Gasteiger partial charge < -0.3 is 0 Å². The van der Waals surface area contributed by atoms with Crippen molar-refractivity contribution in [1.82, 2.24) is 0 Å². The Kier molecular flexibility index (Phi) is 1.97. The average Bonchev–Trinajstić information content (AvgIpc) is 2.10. The molecule has 0 saturated heterocycles. The predicted molar refractivity (Wildman–Crippen MR) is 39.8 cm³/mol. The van der Waals surface area contributed by atoms with Crippen LogP contribution in [0.3, 0.4) is 0 Å². The summed E-state index contributed by atoms with van der Waals surface area (Å²) >= 11 is 0.299. The molecule has 0 aliphatic carbocycles. The number of carboxylic acid groups (broad SMARTS) is 1. The molecule has 1 rings (SSSR count). The number of aryl methyl sites for hydroxylation is 2. The summed E-state index contributed by atoms with van der Waals surface area (Å²) in [7, 11) is 0. The van der Waals surface area contributed by atoms with E-state index in [4.69, 9.17) is 5.11 Å². The van der Waals surface area contributed by atoms with Gasteiger partial charge in [-0.2, -0.15) is 0 Å². The van der Waals surface area contributed by atoms with Crippen LogP contribution in [0.15, 0.2) is 6.07 Å². The summed E-state index contributed by atoms with van der Waals surface area (Å²) in [5.74, 6) is -0.795. The van der Waals surface area contributed by atoms with Gasteiger partial charge in [0.2, 0.25) is 0 Å². The number of carboxylic acids is 1. The van der Waals surface area contributed by atoms with E-state index in [-0.39, 0.29) is 0 Å². The molecule has 0 aliphatic heterocycles. The van der Waals surface area contributed by atoms with Crippen molar-refractivity contribution in [3.05, 3.63) is 20.5 Å². The van der Waals surface area contributed by atoms with Crippen LogP contribution in [0.1, 0.15) is 19.2 Å². The monoisotopic (exact) mass is 204 g/mol. The fraction of sp³-hybridized carbons (Fsp3) is 0.286. The quantitative estimate of drug-likeness (QED) is 0.693. The summed E-state index contributed by atoms with van der Waals surface area (Å²) in [6.45, 7) is 3.86. The van der Waals surface area contributed by atoms with E-state index in [2.05, 4.69) is 0 Å². The molecule has 0 amide bonds. The molecule has 0 aromatic carbocycles. The van der Waals surface area contributed by atoms with E-state index in [0.717, 1.165) is 4.44 Å². The van der Waals surface area contributed by atoms with Gasteiger partial charge in [0.15, 0.2) is 0 Å². The zero-order valence-corrected chi connectivity index (χ0v) is 7.55. The maximum absolute atomic E-state index is 10.5. The fourth-order valence-electron chi connectivity index (χ4n) is 0.843. The van der Waals surface area contributed by atoms with Crippen LogP contribution in [0, 0.1) is 13.8 Å². The number of rotatable bonds is 1. The summed E-state index contributed by atoms with van der Waals surface area (Å²) in [5.41, 5.74) is 0.498. The molecule has 54 valence electrons. The number of hydrogen-bond acceptors (Lipinski definition) is 1. The van der Waals surface area contributed by atoms with Gasteiger partial charge in [-0.25, -0.2) is 0 Å². The van der Waals surface area contributed by atoms with E-state index in [1.165, 1.54) is 4.44 Å². The van der Waals surface area contributed by atoms with Gasteiger partial charge in [0.25, 0.3) is 0 Å². The molecule has 1 aromatic rings. The second kappa shape index (κ2) is 2.60. The van der Waals surface area contributed by atoms with Crippen LogP contribution in [0.25, 0.3) is 0 Å². The van der Waals surface area contributed by atoms with Crippen molar-refractivity contribution >= 4 is 20.5 Å². The van der Waals surface area contributed by atoms with Crippen molar-refractivity contribution in [2.45, 2.75) is 13.8 Å². The van der Waals surface area contributed by atoms with Crippen LogP contribution in [-0.2, 0) is 0 Å². The first-order valence-corrected chi connectivity index (χ1v) is 4.63. The molecule has 1 aromatic heterocycles. The summed E-state index contributed by atoms with van der Waals surface area (Å²) in [6.07, 6.45) is 0. The molecule has 10 heavy (non-hydrogen) atoms. The Morgan fingerprint density at radius 3 is 2.40 bits per heavy atom. The average molecular weight is 203 g/mol. The van der Waals surface area contributed by atoms with Crippen LogP contribution in [0.2, 0.25) is 0 Å². The van der Waals surface area contributed by atoms with E-state index in [9.17, 15) is 4.79 Å². The van der Waals surface area contributed by atoms with Gasteiger partial charge in [0.1, 0.15) is 0 Å². The van der Waals surface area contributed by atoms with Crippen LogP contribution in [0.4, 0.5) is 0 Å². The molecule has 0 fully saturated rings. The number of hydrogen-bond donors (Lipinski definition) is 1. The molecule has 0 radical (unpaired) electrons. The molecular formula is C7H8O2Se. The summed E-state index contributed by atoms with van der Waals surface area (Å²) in [4.78, 5) is 10.5. The van der Waals surface area contributed by atoms with Gasteiger partial charge in [-0.15, -0.1) is 0 Å². The van der Waals surface area contributed by atoms with Crippen LogP contribution in [0.5, 0.6) is 0 Å². The molecule has 0 bridgehead atoms. The molecule has 1 N–H and O–H groups in total. The molecule has 3 heteroatoms. The van der Waals surface area contributed by atoms with E-state index in [1.807, 2.05) is 13.8 Å². The van der Waals surface area contributed by atoms with Crippen LogP contribution >= 0.6 is 0 Å². The predicted octanol–water partition coefficient (Wildman–Crippen LogP) is 1.06. The molecule has 0 atom stereocenters. The van der Waals surface area contributed by atoms with Gasteiger partial charge in [-0.05, 0) is 0 Å². The molecule has 0 unspecified atom stereocenters. The third-order valence-corrected chi connectivity index (χ3v) is 3.30. The van der Waals surface area contributed by atoms with Crippen molar-refractivity contribution in [2.24, 2.45) is 0 Å². The molecule has 2 nitrogen and oxygen atoms in total. The van der Waals surface area contributed by atoms with E-state index < -0.39 is 5.97 Å². The fourth-order valence-corrected chi connectivity index (χ4v) is 2.76. The summed E-state index contributed by atoms with van der Waals surface area (Å²) in [6, 6.07) is 1.76. The maximum atomic E-state index is 10.5. The standard InChI is InChI=1S/C7H8O2Se/c1-4-3-6(7(8)9)5(2)10-4/h3H,1-2H3,(H,8,9). The van der Waals surface area contributed by atoms with Gasteiger partial charge in [0, 0.05) is 0 Å². The van der Waals surface area contributed by atoms with Crippen molar-refractivity contribution in [3.8, 4) is 0 Å². The Bertz CT molecular complexity index is 263. The Morgan fingerprint density at radius 1 is 1.60 bits per heavy atom. The molecule has 1 heterocycles. The summed E-state index contributed by atoms with van der Waals surface area (Å²) in [5, 5.41) is 8.61. The van der Waals surface area contributed by atoms with Crippen LogP contribution < -0.4 is 0 Å². The van der Waals surface area contributed by atoms with Gasteiger partial charge in [-0.1, -0.05) is 0 Å². The van der Waals surface area contributed by atoms with Gasteiger partial charge in [-0.3, -0.25) is 0 Å². The molecule has 0 aliphatic rings. The third kappa shape index (κ3) is 1.31. The Balaban J connectivity index is 3.15.